The van der Waals surface area contributed by atoms with Crippen molar-refractivity contribution >= 4 is 16.9 Å². The standard InChI is InChI=1S/C12H13NO3/c1-2-16-11(15)6-8-7-13-9-4-3-5-10(14)12(8)9/h3-5,7,13-14H,2,6H2,1H3. The molecule has 0 aliphatic rings. The smallest absolute Gasteiger partial charge is 0.310 e. The number of aromatic hydroxyl groups is 1. The van der Waals surface area contributed by atoms with Gasteiger partial charge in [-0.05, 0) is 24.6 Å². The SMILES string of the molecule is CCOC(=O)Cc1c[nH]c2cccc(O)c12. The number of rotatable bonds is 3. The summed E-state index contributed by atoms with van der Waals surface area (Å²) in [6.07, 6.45) is 1.90. The molecular formula is C12H13NO3. The summed E-state index contributed by atoms with van der Waals surface area (Å²) in [4.78, 5) is 14.4. The molecule has 0 amide bonds. The molecule has 84 valence electrons. The van der Waals surface area contributed by atoms with Gasteiger partial charge in [0.1, 0.15) is 5.75 Å². The summed E-state index contributed by atoms with van der Waals surface area (Å²) in [6.45, 7) is 2.14. The summed E-state index contributed by atoms with van der Waals surface area (Å²) < 4.78 is 4.87. The number of H-pyrrole nitrogens is 1. The quantitative estimate of drug-likeness (QED) is 0.776. The molecule has 0 saturated heterocycles. The monoisotopic (exact) mass is 219 g/mol. The fourth-order valence-corrected chi connectivity index (χ4v) is 1.74. The average molecular weight is 219 g/mol. The predicted octanol–water partition coefficient (Wildman–Crippen LogP) is 1.98. The fraction of sp³-hybridized carbons (Fsp3) is 0.250. The zero-order chi connectivity index (χ0) is 11.5. The first-order valence-electron chi connectivity index (χ1n) is 5.16. The number of phenols is 1. The van der Waals surface area contributed by atoms with Gasteiger partial charge in [-0.1, -0.05) is 6.07 Å². The lowest BCUT2D eigenvalue weighted by atomic mass is 10.1. The molecule has 0 spiro atoms. The molecule has 0 unspecified atom stereocenters. The molecule has 0 fully saturated rings. The Balaban J connectivity index is 2.34. The lowest BCUT2D eigenvalue weighted by molar-refractivity contribution is -0.142. The Morgan fingerprint density at radius 3 is 3.06 bits per heavy atom. The van der Waals surface area contributed by atoms with E-state index in [-0.39, 0.29) is 18.1 Å². The van der Waals surface area contributed by atoms with E-state index in [1.165, 1.54) is 0 Å². The van der Waals surface area contributed by atoms with Gasteiger partial charge in [0.05, 0.1) is 13.0 Å². The minimum atomic E-state index is -0.286. The number of benzene rings is 1. The minimum Gasteiger partial charge on any atom is -0.507 e. The fourth-order valence-electron chi connectivity index (χ4n) is 1.74. The number of carbonyl (C=O) groups excluding carboxylic acids is 1. The van der Waals surface area contributed by atoms with Crippen molar-refractivity contribution < 1.29 is 14.6 Å². The van der Waals surface area contributed by atoms with Gasteiger partial charge in [-0.25, -0.2) is 0 Å². The van der Waals surface area contributed by atoms with Gasteiger partial charge in [0.2, 0.25) is 0 Å². The summed E-state index contributed by atoms with van der Waals surface area (Å²) in [6, 6.07) is 5.21. The Morgan fingerprint density at radius 1 is 1.50 bits per heavy atom. The topological polar surface area (TPSA) is 62.3 Å². The number of aromatic nitrogens is 1. The summed E-state index contributed by atoms with van der Waals surface area (Å²) in [5.74, 6) is -0.107. The number of esters is 1. The lowest BCUT2D eigenvalue weighted by Crippen LogP contribution is -2.06. The Labute approximate surface area is 92.9 Å². The molecule has 0 bridgehead atoms. The number of hydrogen-bond donors (Lipinski definition) is 2. The van der Waals surface area contributed by atoms with Crippen LogP contribution in [0.25, 0.3) is 10.9 Å². The van der Waals surface area contributed by atoms with E-state index in [4.69, 9.17) is 4.74 Å². The number of nitrogens with one attached hydrogen (secondary N) is 1. The van der Waals surface area contributed by atoms with Crippen LogP contribution in [0.15, 0.2) is 24.4 Å². The number of ether oxygens (including phenoxy) is 1. The molecule has 0 atom stereocenters. The molecule has 1 aromatic heterocycles. The highest BCUT2D eigenvalue weighted by atomic mass is 16.5. The van der Waals surface area contributed by atoms with E-state index in [2.05, 4.69) is 4.98 Å². The molecule has 0 aliphatic carbocycles. The van der Waals surface area contributed by atoms with E-state index in [0.717, 1.165) is 11.1 Å². The van der Waals surface area contributed by atoms with E-state index in [9.17, 15) is 9.90 Å². The van der Waals surface area contributed by atoms with Crippen LogP contribution < -0.4 is 0 Å². The maximum absolute atomic E-state index is 11.3. The first kappa shape index (κ1) is 10.5. The van der Waals surface area contributed by atoms with Crippen molar-refractivity contribution in [2.75, 3.05) is 6.61 Å². The van der Waals surface area contributed by atoms with Gasteiger partial charge < -0.3 is 14.8 Å². The van der Waals surface area contributed by atoms with E-state index in [1.807, 2.05) is 6.07 Å². The highest BCUT2D eigenvalue weighted by Gasteiger charge is 2.11. The second-order valence-electron chi connectivity index (χ2n) is 3.50. The first-order valence-corrected chi connectivity index (χ1v) is 5.16. The largest absolute Gasteiger partial charge is 0.507 e. The highest BCUT2D eigenvalue weighted by Crippen LogP contribution is 2.27. The van der Waals surface area contributed by atoms with Crippen molar-refractivity contribution in [2.45, 2.75) is 13.3 Å². The first-order chi connectivity index (χ1) is 7.72. The second-order valence-corrected chi connectivity index (χ2v) is 3.50. The van der Waals surface area contributed by atoms with Crippen LogP contribution in [0, 0.1) is 0 Å². The number of carbonyl (C=O) groups is 1. The molecule has 1 aromatic carbocycles. The van der Waals surface area contributed by atoms with E-state index in [1.54, 1.807) is 25.3 Å². The molecule has 16 heavy (non-hydrogen) atoms. The van der Waals surface area contributed by atoms with Gasteiger partial charge in [0.15, 0.2) is 0 Å². The Kier molecular flexibility index (Phi) is 2.81. The number of phenolic OH excluding ortho intramolecular Hbond substituents is 1. The van der Waals surface area contributed by atoms with Crippen LogP contribution in [-0.2, 0) is 16.0 Å². The summed E-state index contributed by atoms with van der Waals surface area (Å²) in [7, 11) is 0. The van der Waals surface area contributed by atoms with Crippen LogP contribution in [0.1, 0.15) is 12.5 Å². The predicted molar refractivity (Wildman–Crippen MR) is 60.3 cm³/mol. The zero-order valence-corrected chi connectivity index (χ0v) is 8.99. The molecule has 2 aromatic rings. The summed E-state index contributed by atoms with van der Waals surface area (Å²) >= 11 is 0. The Bertz CT molecular complexity index is 516. The van der Waals surface area contributed by atoms with Crippen molar-refractivity contribution in [3.8, 4) is 5.75 Å². The van der Waals surface area contributed by atoms with Gasteiger partial charge in [0.25, 0.3) is 0 Å². The third kappa shape index (κ3) is 1.86. The Morgan fingerprint density at radius 2 is 2.31 bits per heavy atom. The van der Waals surface area contributed by atoms with Crippen LogP contribution in [0.2, 0.25) is 0 Å². The maximum atomic E-state index is 11.3. The third-order valence-corrected chi connectivity index (χ3v) is 2.41. The van der Waals surface area contributed by atoms with E-state index in [0.29, 0.717) is 12.0 Å². The molecule has 0 saturated carbocycles. The normalized spacial score (nSPS) is 10.6. The number of hydrogen-bond acceptors (Lipinski definition) is 3. The molecule has 0 radical (unpaired) electrons. The van der Waals surface area contributed by atoms with Gasteiger partial charge in [-0.15, -0.1) is 0 Å². The summed E-state index contributed by atoms with van der Waals surface area (Å²) in [5, 5.41) is 10.4. The van der Waals surface area contributed by atoms with E-state index >= 15 is 0 Å². The zero-order valence-electron chi connectivity index (χ0n) is 8.99. The molecule has 2 rings (SSSR count). The average Bonchev–Trinajstić information content (AvgIpc) is 2.63. The molecule has 2 N–H and O–H groups in total. The number of fused-ring (bicyclic) bond motifs is 1. The number of aromatic amines is 1. The van der Waals surface area contributed by atoms with Crippen molar-refractivity contribution in [3.63, 3.8) is 0 Å². The van der Waals surface area contributed by atoms with Crippen molar-refractivity contribution in [1.29, 1.82) is 0 Å². The molecule has 1 heterocycles. The lowest BCUT2D eigenvalue weighted by Gasteiger charge is -2.01. The second kappa shape index (κ2) is 4.26. The van der Waals surface area contributed by atoms with Crippen molar-refractivity contribution in [3.05, 3.63) is 30.0 Å². The maximum Gasteiger partial charge on any atom is 0.310 e. The van der Waals surface area contributed by atoms with Crippen molar-refractivity contribution in [2.24, 2.45) is 0 Å². The molecule has 4 heteroatoms. The third-order valence-electron chi connectivity index (χ3n) is 2.41. The highest BCUT2D eigenvalue weighted by molar-refractivity contribution is 5.91. The molecule has 0 aliphatic heterocycles. The Hall–Kier alpha value is -1.97. The summed E-state index contributed by atoms with van der Waals surface area (Å²) in [5.41, 5.74) is 1.57. The van der Waals surface area contributed by atoms with Crippen LogP contribution in [0.3, 0.4) is 0 Å². The van der Waals surface area contributed by atoms with Crippen LogP contribution in [0.5, 0.6) is 5.75 Å². The van der Waals surface area contributed by atoms with Gasteiger partial charge in [-0.2, -0.15) is 0 Å². The van der Waals surface area contributed by atoms with Crippen LogP contribution in [-0.4, -0.2) is 22.7 Å². The van der Waals surface area contributed by atoms with E-state index < -0.39 is 0 Å². The van der Waals surface area contributed by atoms with Crippen LogP contribution >= 0.6 is 0 Å². The van der Waals surface area contributed by atoms with Crippen LogP contribution in [0.4, 0.5) is 0 Å². The van der Waals surface area contributed by atoms with Gasteiger partial charge in [-0.3, -0.25) is 4.79 Å². The molecule has 4 nitrogen and oxygen atoms in total. The van der Waals surface area contributed by atoms with Gasteiger partial charge in [0, 0.05) is 17.1 Å². The minimum absolute atomic E-state index is 0.172. The van der Waals surface area contributed by atoms with Crippen molar-refractivity contribution in [1.82, 2.24) is 4.98 Å². The van der Waals surface area contributed by atoms with Gasteiger partial charge >= 0.3 is 5.97 Å². The molecular weight excluding hydrogens is 206 g/mol.